The second-order valence-electron chi connectivity index (χ2n) is 29.8. The van der Waals surface area contributed by atoms with Crippen molar-refractivity contribution in [3.8, 4) is 11.4 Å². The fourth-order valence-corrected chi connectivity index (χ4v) is 15.9. The Kier molecular flexibility index (Phi) is 14.5. The van der Waals surface area contributed by atoms with Crippen LogP contribution in [0.3, 0.4) is 0 Å². The maximum Gasteiger partial charge on any atom is 0.494 e. The molecule has 0 aliphatic carbocycles. The van der Waals surface area contributed by atoms with E-state index in [1.165, 1.54) is 135 Å². The van der Waals surface area contributed by atoms with E-state index in [0.717, 1.165) is 15.6 Å². The van der Waals surface area contributed by atoms with Crippen molar-refractivity contribution in [3.05, 3.63) is 247 Å². The summed E-state index contributed by atoms with van der Waals surface area (Å²) in [6, 6.07) is 88.3. The van der Waals surface area contributed by atoms with Crippen LogP contribution in [0.25, 0.3) is 141 Å². The molecular formula is C86H76B3BrN2O6. The second kappa shape index (κ2) is 22.6. The number of nitrogens with zero attached hydrogens (tertiary/aromatic N) is 2. The van der Waals surface area contributed by atoms with E-state index in [4.69, 9.17) is 27.9 Å². The van der Waals surface area contributed by atoms with Gasteiger partial charge in [0.25, 0.3) is 0 Å². The number of para-hydroxylation sites is 2. The molecule has 3 saturated heterocycles. The predicted octanol–water partition coefficient (Wildman–Crippen LogP) is 22.1. The molecule has 14 aromatic carbocycles. The molecule has 0 radical (unpaired) electrons. The van der Waals surface area contributed by atoms with Crippen LogP contribution >= 0.6 is 15.9 Å². The lowest BCUT2D eigenvalue weighted by molar-refractivity contribution is 0.00578. The van der Waals surface area contributed by atoms with Crippen LogP contribution in [0, 0.1) is 0 Å². The third-order valence-corrected chi connectivity index (χ3v) is 23.0. The first-order chi connectivity index (χ1) is 47.0. The third kappa shape index (κ3) is 9.57. The van der Waals surface area contributed by atoms with Gasteiger partial charge in [0, 0.05) is 58.9 Å². The lowest BCUT2D eigenvalue weighted by atomic mass is 9.49. The van der Waals surface area contributed by atoms with Crippen molar-refractivity contribution in [1.29, 1.82) is 0 Å². The van der Waals surface area contributed by atoms with Crippen molar-refractivity contribution < 1.29 is 27.9 Å². The van der Waals surface area contributed by atoms with Gasteiger partial charge >= 0.3 is 21.1 Å². The average molecular weight is 1350 g/mol. The third-order valence-electron chi connectivity index (χ3n) is 22.5. The molecule has 16 aromatic rings. The summed E-state index contributed by atoms with van der Waals surface area (Å²) in [5, 5.41) is 25.6. The average Bonchev–Trinajstić information content (AvgIpc) is 1.41. The summed E-state index contributed by atoms with van der Waals surface area (Å²) in [4.78, 5) is 0. The Labute approximate surface area is 580 Å². The van der Waals surface area contributed by atoms with E-state index in [0.29, 0.717) is 0 Å². The molecule has 19 rings (SSSR count). The smallest absolute Gasteiger partial charge is 0.405 e. The topological polar surface area (TPSA) is 65.2 Å². The molecule has 0 amide bonds. The van der Waals surface area contributed by atoms with Crippen molar-refractivity contribution in [3.63, 3.8) is 0 Å². The molecule has 8 nitrogen and oxygen atoms in total. The number of fused-ring (bicyclic) bond motifs is 26. The van der Waals surface area contributed by atoms with E-state index in [9.17, 15) is 0 Å². The summed E-state index contributed by atoms with van der Waals surface area (Å²) < 4.78 is 42.9. The van der Waals surface area contributed by atoms with Crippen LogP contribution in [0.1, 0.15) is 83.1 Å². The van der Waals surface area contributed by atoms with Crippen LogP contribution in [-0.2, 0) is 27.9 Å². The molecule has 0 saturated carbocycles. The van der Waals surface area contributed by atoms with Crippen molar-refractivity contribution >= 4 is 172 Å². The first kappa shape index (κ1) is 62.7. The van der Waals surface area contributed by atoms with E-state index in [-0.39, 0.29) is 22.4 Å². The highest BCUT2D eigenvalue weighted by Gasteiger charge is 2.64. The van der Waals surface area contributed by atoms with Crippen LogP contribution in [0.2, 0.25) is 0 Å². The number of halogens is 1. The molecule has 3 fully saturated rings. The van der Waals surface area contributed by atoms with Gasteiger partial charge in [-0.1, -0.05) is 210 Å². The normalized spacial score (nSPS) is 17.6. The van der Waals surface area contributed by atoms with Crippen LogP contribution in [0.5, 0.6) is 0 Å². The van der Waals surface area contributed by atoms with E-state index < -0.39 is 32.3 Å². The Morgan fingerprint density at radius 1 is 0.255 bits per heavy atom. The zero-order chi connectivity index (χ0) is 67.6. The maximum atomic E-state index is 6.54. The largest absolute Gasteiger partial charge is 0.494 e. The summed E-state index contributed by atoms with van der Waals surface area (Å²) in [6.45, 7) is 24.7. The summed E-state index contributed by atoms with van der Waals surface area (Å²) >= 11 is 3.76. The minimum Gasteiger partial charge on any atom is -0.405 e. The first-order valence-corrected chi connectivity index (χ1v) is 35.1. The summed E-state index contributed by atoms with van der Waals surface area (Å²) in [7, 11) is -1.39. The molecule has 12 heteroatoms. The van der Waals surface area contributed by atoms with Gasteiger partial charge in [-0.25, -0.2) is 0 Å². The van der Waals surface area contributed by atoms with Gasteiger partial charge in [0.2, 0.25) is 0 Å². The highest BCUT2D eigenvalue weighted by Crippen LogP contribution is 2.51. The van der Waals surface area contributed by atoms with E-state index in [2.05, 4.69) is 295 Å². The van der Waals surface area contributed by atoms with Crippen LogP contribution in [-0.4, -0.2) is 63.9 Å². The zero-order valence-corrected chi connectivity index (χ0v) is 59.1. The summed E-state index contributed by atoms with van der Waals surface area (Å²) in [5.41, 5.74) is 5.98. The molecule has 0 spiro atoms. The van der Waals surface area contributed by atoms with Gasteiger partial charge in [0.05, 0.1) is 55.7 Å². The standard InChI is InChI=1S/C40H32BNO2.C34H20BrN.C12H24B2O4/c1-39(2)40(3,4)44-41(43-39)25-22-23-34-33(24-25)36-32-21-13-12-20-31(32)35-29-18-10-8-16-27(29)28-17-9-11-19-30(28)37(35)38(36)42(34)26-14-6-5-7-15-26;35-21-18-19-30-29(20-21)32-28-17-9-8-16-27(28)31-25-14-6-4-12-23(25)24-13-5-7-15-26(24)33(31)34(32)36(30)22-10-2-1-3-11-22;1-9(2)10(3,4)16-13(15-9)14-17-11(5,6)12(7,8)18-14/h5-24H,1-4H3;1-20H;1-8H3. The molecule has 3 aliphatic rings. The minimum absolute atomic E-state index is 0.360. The zero-order valence-electron chi connectivity index (χ0n) is 57.5. The molecule has 0 bridgehead atoms. The molecule has 3 aliphatic heterocycles. The lowest BCUT2D eigenvalue weighted by Gasteiger charge is -2.32. The van der Waals surface area contributed by atoms with Crippen molar-refractivity contribution in [2.75, 3.05) is 0 Å². The number of aromatic nitrogens is 2. The fraction of sp³-hybridized carbons (Fsp3) is 0.209. The number of hydrogen-bond acceptors (Lipinski definition) is 6. The molecule has 0 atom stereocenters. The van der Waals surface area contributed by atoms with Crippen molar-refractivity contribution in [1.82, 2.24) is 9.13 Å². The van der Waals surface area contributed by atoms with Crippen molar-refractivity contribution in [2.24, 2.45) is 0 Å². The minimum atomic E-state index is -0.476. The fourth-order valence-electron chi connectivity index (χ4n) is 15.6. The first-order valence-electron chi connectivity index (χ1n) is 34.3. The van der Waals surface area contributed by atoms with E-state index in [1.807, 2.05) is 55.4 Å². The van der Waals surface area contributed by atoms with Crippen molar-refractivity contribution in [2.45, 2.75) is 117 Å². The van der Waals surface area contributed by atoms with Crippen LogP contribution < -0.4 is 5.46 Å². The predicted molar refractivity (Wildman–Crippen MR) is 417 cm³/mol. The second-order valence-corrected chi connectivity index (χ2v) is 30.8. The van der Waals surface area contributed by atoms with Gasteiger partial charge in [-0.15, -0.1) is 0 Å². The van der Waals surface area contributed by atoms with Crippen LogP contribution in [0.4, 0.5) is 0 Å². The number of benzene rings is 14. The van der Waals surface area contributed by atoms with Gasteiger partial charge in [0.1, 0.15) is 0 Å². The summed E-state index contributed by atoms with van der Waals surface area (Å²) in [6.07, 6.45) is 0. The monoisotopic (exact) mass is 1340 g/mol. The molecule has 98 heavy (non-hydrogen) atoms. The van der Waals surface area contributed by atoms with E-state index >= 15 is 0 Å². The summed E-state index contributed by atoms with van der Waals surface area (Å²) in [5.74, 6) is 0. The maximum absolute atomic E-state index is 6.54. The Balaban J connectivity index is 0.000000120. The molecular weight excluding hydrogens is 1270 g/mol. The lowest BCUT2D eigenvalue weighted by Crippen LogP contribution is -2.41. The van der Waals surface area contributed by atoms with Gasteiger partial charge < -0.3 is 37.1 Å². The molecule has 0 N–H and O–H groups in total. The van der Waals surface area contributed by atoms with Crippen LogP contribution in [0.15, 0.2) is 247 Å². The highest BCUT2D eigenvalue weighted by atomic mass is 79.9. The Morgan fingerprint density at radius 2 is 0.520 bits per heavy atom. The number of hydrogen-bond donors (Lipinski definition) is 0. The van der Waals surface area contributed by atoms with E-state index in [1.54, 1.807) is 0 Å². The Morgan fingerprint density at radius 3 is 0.867 bits per heavy atom. The van der Waals surface area contributed by atoms with Gasteiger partial charge in [0.15, 0.2) is 0 Å². The SMILES string of the molecule is Brc1ccc2c(c1)c1c3ccccc3c3c4ccccc4c4ccccc4c3c1n2-c1ccccc1.CC1(C)OB(B2OC(C)(C)C(C)(C)O2)OC1(C)C.CC1(C)OB(c2ccc3c(c2)c2c4ccccc4c4c5ccccc5c5ccccc5c4c2n3-c2ccccc2)OC1(C)C. The highest BCUT2D eigenvalue weighted by molar-refractivity contribution is 9.10. The van der Waals surface area contributed by atoms with Gasteiger partial charge in [-0.3, -0.25) is 0 Å². The molecule has 2 aromatic heterocycles. The van der Waals surface area contributed by atoms with Gasteiger partial charge in [-0.05, 0) is 202 Å². The molecule has 482 valence electrons. The quantitative estimate of drug-likeness (QED) is 0.129. The van der Waals surface area contributed by atoms with Gasteiger partial charge in [-0.2, -0.15) is 0 Å². The Bertz CT molecular complexity index is 5880. The number of rotatable bonds is 4. The Hall–Kier alpha value is -8.81. The molecule has 5 heterocycles. The molecule has 0 unspecified atom stereocenters.